The summed E-state index contributed by atoms with van der Waals surface area (Å²) in [7, 11) is 0. The van der Waals surface area contributed by atoms with Crippen molar-refractivity contribution in [3.63, 3.8) is 0 Å². The average molecular weight is 284 g/mol. The Bertz CT molecular complexity index is 110. The van der Waals surface area contributed by atoms with Gasteiger partial charge in [0.05, 0.1) is 0 Å². The Kier molecular flexibility index (Phi) is 6.49. The lowest BCUT2D eigenvalue weighted by atomic mass is 10.1. The lowest BCUT2D eigenvalue weighted by Gasteiger charge is -2.35. The zero-order valence-electron chi connectivity index (χ0n) is 8.44. The van der Waals surface area contributed by atoms with Crippen molar-refractivity contribution < 1.29 is 0 Å². The molecule has 2 N–H and O–H groups in total. The molecular formula is C9H21IN2. The maximum absolute atomic E-state index is 5.49. The number of halogens is 1. The molecule has 74 valence electrons. The Hall–Kier alpha value is 0.650. The van der Waals surface area contributed by atoms with Crippen LogP contribution in [0.1, 0.15) is 27.2 Å². The Morgan fingerprint density at radius 3 is 2.17 bits per heavy atom. The second kappa shape index (κ2) is 6.16. The highest BCUT2D eigenvalue weighted by atomic mass is 127. The zero-order valence-corrected chi connectivity index (χ0v) is 10.6. The number of rotatable bonds is 5. The summed E-state index contributed by atoms with van der Waals surface area (Å²) < 4.78 is 1.19. The third kappa shape index (κ3) is 5.32. The van der Waals surface area contributed by atoms with Crippen LogP contribution >= 0.6 is 22.6 Å². The van der Waals surface area contributed by atoms with Crippen LogP contribution < -0.4 is 5.73 Å². The molecule has 0 saturated carbocycles. The summed E-state index contributed by atoms with van der Waals surface area (Å²) >= 11 is 2.42. The Morgan fingerprint density at radius 2 is 1.83 bits per heavy atom. The molecule has 0 aliphatic rings. The van der Waals surface area contributed by atoms with Crippen molar-refractivity contribution in [3.05, 3.63) is 0 Å². The molecule has 2 nitrogen and oxygen atoms in total. The molecule has 0 unspecified atom stereocenters. The van der Waals surface area contributed by atoms with Crippen LogP contribution in [0.3, 0.4) is 0 Å². The monoisotopic (exact) mass is 284 g/mol. The first kappa shape index (κ1) is 12.7. The van der Waals surface area contributed by atoms with Gasteiger partial charge in [-0.05, 0) is 40.3 Å². The number of hydrogen-bond acceptors (Lipinski definition) is 2. The van der Waals surface area contributed by atoms with Gasteiger partial charge >= 0.3 is 0 Å². The van der Waals surface area contributed by atoms with Crippen LogP contribution in [0.25, 0.3) is 0 Å². The summed E-state index contributed by atoms with van der Waals surface area (Å²) in [5.74, 6) is 0. The van der Waals surface area contributed by atoms with E-state index in [0.717, 1.165) is 19.5 Å². The molecule has 0 heterocycles. The van der Waals surface area contributed by atoms with E-state index >= 15 is 0 Å². The van der Waals surface area contributed by atoms with Crippen molar-refractivity contribution in [3.8, 4) is 0 Å². The van der Waals surface area contributed by atoms with E-state index in [1.807, 2.05) is 0 Å². The van der Waals surface area contributed by atoms with Gasteiger partial charge in [0.2, 0.25) is 0 Å². The van der Waals surface area contributed by atoms with Crippen LogP contribution in [-0.4, -0.2) is 34.5 Å². The van der Waals surface area contributed by atoms with E-state index in [9.17, 15) is 0 Å². The highest BCUT2D eigenvalue weighted by Gasteiger charge is 2.19. The quantitative estimate of drug-likeness (QED) is 0.617. The largest absolute Gasteiger partial charge is 0.330 e. The van der Waals surface area contributed by atoms with Gasteiger partial charge in [-0.1, -0.05) is 22.6 Å². The summed E-state index contributed by atoms with van der Waals surface area (Å²) in [4.78, 5) is 2.49. The van der Waals surface area contributed by atoms with Gasteiger partial charge in [0.1, 0.15) is 0 Å². The summed E-state index contributed by atoms with van der Waals surface area (Å²) in [5, 5.41) is 0. The normalized spacial score (nSPS) is 12.5. The summed E-state index contributed by atoms with van der Waals surface area (Å²) in [6, 6.07) is 0. The molecule has 0 radical (unpaired) electrons. The highest BCUT2D eigenvalue weighted by molar-refractivity contribution is 14.1. The second-order valence-electron chi connectivity index (χ2n) is 3.99. The summed E-state index contributed by atoms with van der Waals surface area (Å²) in [6.45, 7) is 9.88. The highest BCUT2D eigenvalue weighted by Crippen LogP contribution is 2.13. The van der Waals surface area contributed by atoms with E-state index in [2.05, 4.69) is 48.3 Å². The summed E-state index contributed by atoms with van der Waals surface area (Å²) in [5.41, 5.74) is 5.78. The van der Waals surface area contributed by atoms with E-state index in [0.29, 0.717) is 5.54 Å². The number of nitrogens with two attached hydrogens (primary N) is 1. The Balaban J connectivity index is 3.86. The first-order valence-electron chi connectivity index (χ1n) is 4.53. The zero-order chi connectivity index (χ0) is 9.61. The van der Waals surface area contributed by atoms with E-state index in [1.165, 1.54) is 11.0 Å². The van der Waals surface area contributed by atoms with Gasteiger partial charge in [-0.2, -0.15) is 0 Å². The third-order valence-electron chi connectivity index (χ3n) is 1.94. The molecule has 0 spiro atoms. The fourth-order valence-electron chi connectivity index (χ4n) is 1.17. The molecule has 12 heavy (non-hydrogen) atoms. The first-order chi connectivity index (χ1) is 5.52. The minimum Gasteiger partial charge on any atom is -0.330 e. The minimum atomic E-state index is 0.292. The smallest absolute Gasteiger partial charge is 0.0125 e. The molecule has 0 aromatic heterocycles. The van der Waals surface area contributed by atoms with Gasteiger partial charge in [-0.3, -0.25) is 4.90 Å². The topological polar surface area (TPSA) is 29.3 Å². The van der Waals surface area contributed by atoms with Gasteiger partial charge in [0.15, 0.2) is 0 Å². The van der Waals surface area contributed by atoms with Crippen LogP contribution in [0.5, 0.6) is 0 Å². The predicted octanol–water partition coefficient (Wildman–Crippen LogP) is 1.87. The Morgan fingerprint density at radius 1 is 1.25 bits per heavy atom. The first-order valence-corrected chi connectivity index (χ1v) is 6.06. The molecule has 0 fully saturated rings. The van der Waals surface area contributed by atoms with Gasteiger partial charge < -0.3 is 5.73 Å². The van der Waals surface area contributed by atoms with E-state index in [-0.39, 0.29) is 0 Å². The molecule has 0 bridgehead atoms. The lowest BCUT2D eigenvalue weighted by Crippen LogP contribution is -2.43. The second-order valence-corrected chi connectivity index (χ2v) is 5.07. The van der Waals surface area contributed by atoms with Gasteiger partial charge in [-0.15, -0.1) is 0 Å². The summed E-state index contributed by atoms with van der Waals surface area (Å²) in [6.07, 6.45) is 1.11. The van der Waals surface area contributed by atoms with E-state index in [4.69, 9.17) is 5.73 Å². The molecule has 0 atom stereocenters. The van der Waals surface area contributed by atoms with Crippen molar-refractivity contribution in [2.24, 2.45) is 5.73 Å². The van der Waals surface area contributed by atoms with Crippen LogP contribution in [0.2, 0.25) is 0 Å². The van der Waals surface area contributed by atoms with Crippen molar-refractivity contribution in [1.29, 1.82) is 0 Å². The third-order valence-corrected chi connectivity index (χ3v) is 2.42. The van der Waals surface area contributed by atoms with Crippen molar-refractivity contribution in [2.45, 2.75) is 32.7 Å². The molecule has 0 aliphatic carbocycles. The number of hydrogen-bond donors (Lipinski definition) is 1. The molecule has 0 amide bonds. The predicted molar refractivity (Wildman–Crippen MR) is 63.9 cm³/mol. The molecule has 0 aromatic carbocycles. The van der Waals surface area contributed by atoms with Crippen LogP contribution in [-0.2, 0) is 0 Å². The van der Waals surface area contributed by atoms with Crippen molar-refractivity contribution in [1.82, 2.24) is 4.90 Å². The lowest BCUT2D eigenvalue weighted by molar-refractivity contribution is 0.146. The van der Waals surface area contributed by atoms with Crippen LogP contribution in [0.15, 0.2) is 0 Å². The average Bonchev–Trinajstić information content (AvgIpc) is 1.95. The van der Waals surface area contributed by atoms with E-state index < -0.39 is 0 Å². The Labute approximate surface area is 90.0 Å². The molecule has 0 aliphatic heterocycles. The van der Waals surface area contributed by atoms with Crippen molar-refractivity contribution in [2.75, 3.05) is 24.1 Å². The van der Waals surface area contributed by atoms with Gasteiger partial charge in [-0.25, -0.2) is 0 Å². The minimum absolute atomic E-state index is 0.292. The molecule has 0 saturated heterocycles. The molecule has 0 aromatic rings. The molecular weight excluding hydrogens is 263 g/mol. The fourth-order valence-corrected chi connectivity index (χ4v) is 1.75. The van der Waals surface area contributed by atoms with E-state index in [1.54, 1.807) is 0 Å². The molecule has 3 heteroatoms. The van der Waals surface area contributed by atoms with Gasteiger partial charge in [0.25, 0.3) is 0 Å². The van der Waals surface area contributed by atoms with Crippen LogP contribution in [0, 0.1) is 0 Å². The fraction of sp³-hybridized carbons (Fsp3) is 1.00. The number of alkyl halides is 1. The standard InChI is InChI=1S/C9H21IN2/c1-9(2,3)12(8-5-10)7-4-6-11/h4-8,11H2,1-3H3. The maximum atomic E-state index is 5.49. The van der Waals surface area contributed by atoms with Gasteiger partial charge in [0, 0.05) is 16.5 Å². The van der Waals surface area contributed by atoms with Crippen LogP contribution in [0.4, 0.5) is 0 Å². The maximum Gasteiger partial charge on any atom is 0.0125 e. The molecule has 0 rings (SSSR count). The SMILES string of the molecule is CC(C)(C)N(CCI)CCCN. The van der Waals surface area contributed by atoms with Crippen molar-refractivity contribution >= 4 is 22.6 Å². The number of nitrogens with zero attached hydrogens (tertiary/aromatic N) is 1.